The summed E-state index contributed by atoms with van der Waals surface area (Å²) in [5.74, 6) is 0. The molecule has 0 amide bonds. The van der Waals surface area contributed by atoms with Crippen LogP contribution < -0.4 is 5.69 Å². The fraction of sp³-hybridized carbons (Fsp3) is 0.533. The summed E-state index contributed by atoms with van der Waals surface area (Å²) >= 11 is 0. The fourth-order valence-electron chi connectivity index (χ4n) is 2.65. The molecule has 2 heterocycles. The van der Waals surface area contributed by atoms with Gasteiger partial charge in [0, 0.05) is 13.4 Å². The van der Waals surface area contributed by atoms with Gasteiger partial charge in [-0.2, -0.15) is 0 Å². The molecule has 1 N–H and O–H groups in total. The van der Waals surface area contributed by atoms with E-state index in [1.165, 1.54) is 0 Å². The van der Waals surface area contributed by atoms with Crippen LogP contribution in [0.3, 0.4) is 0 Å². The quantitative estimate of drug-likeness (QED) is 0.860. The topological polar surface area (TPSA) is 56.2 Å². The maximum absolute atomic E-state index is 11.6. The number of nitrogens with zero attached hydrogens (tertiary/aromatic N) is 1. The van der Waals surface area contributed by atoms with E-state index in [2.05, 4.69) is 4.98 Å². The molecule has 1 aromatic heterocycles. The molecular formula is C15H21BN2O3. The molecule has 112 valence electrons. The summed E-state index contributed by atoms with van der Waals surface area (Å²) in [6.45, 7) is 8.19. The zero-order chi connectivity index (χ0) is 15.4. The van der Waals surface area contributed by atoms with Crippen molar-refractivity contribution in [2.75, 3.05) is 0 Å². The maximum atomic E-state index is 11.6. The average molecular weight is 288 g/mol. The van der Waals surface area contributed by atoms with Crippen molar-refractivity contribution in [3.05, 3.63) is 34.2 Å². The van der Waals surface area contributed by atoms with Crippen LogP contribution in [0.15, 0.2) is 23.0 Å². The highest BCUT2D eigenvalue weighted by molar-refractivity contribution is 6.45. The number of aromatic amines is 1. The maximum Gasteiger partial charge on any atom is 0.462 e. The molecule has 0 spiro atoms. The van der Waals surface area contributed by atoms with E-state index in [0.717, 1.165) is 16.6 Å². The fourth-order valence-corrected chi connectivity index (χ4v) is 2.65. The van der Waals surface area contributed by atoms with E-state index in [1.54, 1.807) is 11.6 Å². The first kappa shape index (κ1) is 14.4. The van der Waals surface area contributed by atoms with Crippen molar-refractivity contribution in [1.82, 2.24) is 9.55 Å². The van der Waals surface area contributed by atoms with Gasteiger partial charge < -0.3 is 14.3 Å². The molecule has 2 aromatic rings. The standard InChI is InChI=1S/C15H21BN2O3/c1-14(2)15(3,4)21-16(20-14)9-10-6-7-12-11(8-10)17-13(19)18(12)5/h6-8H,9H2,1-5H3,(H,17,19). The lowest BCUT2D eigenvalue weighted by atomic mass is 9.81. The summed E-state index contributed by atoms with van der Waals surface area (Å²) in [7, 11) is 1.50. The summed E-state index contributed by atoms with van der Waals surface area (Å²) in [6.07, 6.45) is 0.666. The lowest BCUT2D eigenvalue weighted by molar-refractivity contribution is 0.00578. The first-order valence-corrected chi connectivity index (χ1v) is 7.23. The average Bonchev–Trinajstić information content (AvgIpc) is 2.73. The van der Waals surface area contributed by atoms with Crippen molar-refractivity contribution in [3.8, 4) is 0 Å². The second-order valence-electron chi connectivity index (χ2n) is 6.73. The molecule has 6 heteroatoms. The number of fused-ring (bicyclic) bond motifs is 1. The van der Waals surface area contributed by atoms with Crippen LogP contribution in [0.4, 0.5) is 0 Å². The van der Waals surface area contributed by atoms with Gasteiger partial charge in [-0.25, -0.2) is 4.79 Å². The lowest BCUT2D eigenvalue weighted by Crippen LogP contribution is -2.41. The molecule has 0 radical (unpaired) electrons. The molecule has 1 aliphatic rings. The second kappa shape index (κ2) is 4.48. The molecular weight excluding hydrogens is 267 g/mol. The number of aryl methyl sites for hydroxylation is 1. The van der Waals surface area contributed by atoms with E-state index >= 15 is 0 Å². The Morgan fingerprint density at radius 2 is 1.81 bits per heavy atom. The molecule has 3 rings (SSSR count). The smallest absolute Gasteiger partial charge is 0.403 e. The van der Waals surface area contributed by atoms with Crippen LogP contribution in [0.5, 0.6) is 0 Å². The van der Waals surface area contributed by atoms with Gasteiger partial charge in [0.05, 0.1) is 22.2 Å². The van der Waals surface area contributed by atoms with Crippen LogP contribution >= 0.6 is 0 Å². The van der Waals surface area contributed by atoms with Crippen LogP contribution in [0, 0.1) is 0 Å². The minimum absolute atomic E-state index is 0.0993. The molecule has 1 fully saturated rings. The predicted molar refractivity (Wildman–Crippen MR) is 83.3 cm³/mol. The van der Waals surface area contributed by atoms with Crippen LogP contribution in [-0.4, -0.2) is 27.9 Å². The third kappa shape index (κ3) is 2.32. The van der Waals surface area contributed by atoms with Crippen LogP contribution in [-0.2, 0) is 22.7 Å². The summed E-state index contributed by atoms with van der Waals surface area (Å²) in [5.41, 5.74) is 2.10. The Kier molecular flexibility index (Phi) is 3.08. The zero-order valence-corrected chi connectivity index (χ0v) is 13.2. The second-order valence-corrected chi connectivity index (χ2v) is 6.73. The number of H-pyrrole nitrogens is 1. The van der Waals surface area contributed by atoms with E-state index in [0.29, 0.717) is 6.32 Å². The Hall–Kier alpha value is -1.53. The molecule has 0 atom stereocenters. The van der Waals surface area contributed by atoms with Gasteiger partial charge in [0.2, 0.25) is 0 Å². The van der Waals surface area contributed by atoms with E-state index in [-0.39, 0.29) is 24.0 Å². The molecule has 0 bridgehead atoms. The third-order valence-electron chi connectivity index (χ3n) is 4.67. The highest BCUT2D eigenvalue weighted by atomic mass is 16.7. The number of hydrogen-bond acceptors (Lipinski definition) is 3. The van der Waals surface area contributed by atoms with Crippen molar-refractivity contribution in [2.24, 2.45) is 7.05 Å². The molecule has 1 aromatic carbocycles. The van der Waals surface area contributed by atoms with Crippen molar-refractivity contribution >= 4 is 18.2 Å². The number of aromatic nitrogens is 2. The largest absolute Gasteiger partial charge is 0.462 e. The first-order valence-electron chi connectivity index (χ1n) is 7.23. The highest BCUT2D eigenvalue weighted by Gasteiger charge is 2.50. The first-order chi connectivity index (χ1) is 9.69. The van der Waals surface area contributed by atoms with E-state index in [1.807, 2.05) is 45.9 Å². The van der Waals surface area contributed by atoms with Crippen molar-refractivity contribution in [2.45, 2.75) is 45.2 Å². The zero-order valence-electron chi connectivity index (χ0n) is 13.2. The van der Waals surface area contributed by atoms with E-state index in [9.17, 15) is 4.79 Å². The van der Waals surface area contributed by atoms with Crippen LogP contribution in [0.1, 0.15) is 33.3 Å². The number of imidazole rings is 1. The van der Waals surface area contributed by atoms with Gasteiger partial charge in [-0.1, -0.05) is 6.07 Å². The van der Waals surface area contributed by atoms with Crippen molar-refractivity contribution in [1.29, 1.82) is 0 Å². The van der Waals surface area contributed by atoms with Gasteiger partial charge in [-0.3, -0.25) is 4.57 Å². The molecule has 0 aliphatic carbocycles. The summed E-state index contributed by atoms with van der Waals surface area (Å²) < 4.78 is 13.6. The van der Waals surface area contributed by atoms with E-state index < -0.39 is 0 Å². The lowest BCUT2D eigenvalue weighted by Gasteiger charge is -2.32. The Bertz CT molecular complexity index is 729. The molecule has 0 unspecified atom stereocenters. The normalized spacial score (nSPS) is 20.3. The van der Waals surface area contributed by atoms with Gasteiger partial charge in [0.15, 0.2) is 0 Å². The Morgan fingerprint density at radius 1 is 1.19 bits per heavy atom. The Balaban J connectivity index is 1.85. The molecule has 0 saturated carbocycles. The summed E-state index contributed by atoms with van der Waals surface area (Å²) in [4.78, 5) is 14.5. The van der Waals surface area contributed by atoms with Gasteiger partial charge >= 0.3 is 12.8 Å². The number of nitrogens with one attached hydrogen (secondary N) is 1. The summed E-state index contributed by atoms with van der Waals surface area (Å²) in [6, 6.07) is 5.95. The van der Waals surface area contributed by atoms with Crippen molar-refractivity contribution in [3.63, 3.8) is 0 Å². The SMILES string of the molecule is Cn1c(=O)[nH]c2cc(CB3OC(C)(C)C(C)(C)O3)ccc21. The highest BCUT2D eigenvalue weighted by Crippen LogP contribution is 2.37. The molecule has 1 aliphatic heterocycles. The molecule has 5 nitrogen and oxygen atoms in total. The minimum Gasteiger partial charge on any atom is -0.403 e. The van der Waals surface area contributed by atoms with E-state index in [4.69, 9.17) is 9.31 Å². The Labute approximate surface area is 124 Å². The monoisotopic (exact) mass is 288 g/mol. The van der Waals surface area contributed by atoms with Crippen molar-refractivity contribution < 1.29 is 9.31 Å². The van der Waals surface area contributed by atoms with Gasteiger partial charge in [-0.05, 0) is 45.4 Å². The molecule has 1 saturated heterocycles. The number of rotatable bonds is 2. The van der Waals surface area contributed by atoms with Gasteiger partial charge in [0.25, 0.3) is 0 Å². The van der Waals surface area contributed by atoms with Crippen LogP contribution in [0.2, 0.25) is 0 Å². The molecule has 21 heavy (non-hydrogen) atoms. The third-order valence-corrected chi connectivity index (χ3v) is 4.67. The van der Waals surface area contributed by atoms with Crippen LogP contribution in [0.25, 0.3) is 11.0 Å². The summed E-state index contributed by atoms with van der Waals surface area (Å²) in [5, 5.41) is 0. The van der Waals surface area contributed by atoms with Gasteiger partial charge in [-0.15, -0.1) is 0 Å². The Morgan fingerprint density at radius 3 is 2.43 bits per heavy atom. The van der Waals surface area contributed by atoms with Gasteiger partial charge in [0.1, 0.15) is 0 Å². The predicted octanol–water partition coefficient (Wildman–Crippen LogP) is 2.04. The number of benzene rings is 1. The minimum atomic E-state index is -0.317. The number of hydrogen-bond donors (Lipinski definition) is 1.